The molecule has 0 saturated carbocycles. The average molecular weight is 514 g/mol. The van der Waals surface area contributed by atoms with Gasteiger partial charge in [-0.05, 0) is 47.5 Å². The molecular formula is C27H29Cl2N3O3. The molecule has 8 heteroatoms. The van der Waals surface area contributed by atoms with Crippen molar-refractivity contribution in [3.05, 3.63) is 94.0 Å². The number of hydrogen-bond acceptors (Lipinski definition) is 3. The van der Waals surface area contributed by atoms with Gasteiger partial charge in [0.15, 0.2) is 0 Å². The van der Waals surface area contributed by atoms with Crippen molar-refractivity contribution in [2.24, 2.45) is 5.41 Å². The predicted octanol–water partition coefficient (Wildman–Crippen LogP) is 6.43. The molecular weight excluding hydrogens is 485 g/mol. The lowest BCUT2D eigenvalue weighted by Crippen LogP contribution is -2.38. The Bertz CT molecular complexity index is 1160. The molecule has 0 aliphatic heterocycles. The molecule has 3 rings (SSSR count). The molecule has 184 valence electrons. The predicted molar refractivity (Wildman–Crippen MR) is 142 cm³/mol. The molecule has 0 aromatic heterocycles. The summed E-state index contributed by atoms with van der Waals surface area (Å²) in [5.74, 6) is -0.0334. The molecule has 0 aliphatic rings. The number of halogens is 2. The number of anilines is 2. The second-order valence-corrected chi connectivity index (χ2v) is 10.0. The summed E-state index contributed by atoms with van der Waals surface area (Å²) < 4.78 is 0. The summed E-state index contributed by atoms with van der Waals surface area (Å²) in [5, 5.41) is 17.3. The average Bonchev–Trinajstić information content (AvgIpc) is 2.83. The van der Waals surface area contributed by atoms with Crippen molar-refractivity contribution in [1.82, 2.24) is 5.32 Å². The lowest BCUT2D eigenvalue weighted by molar-refractivity contribution is -0.128. The zero-order valence-corrected chi connectivity index (χ0v) is 21.4. The van der Waals surface area contributed by atoms with Crippen molar-refractivity contribution in [3.63, 3.8) is 0 Å². The molecule has 3 amide bonds. The van der Waals surface area contributed by atoms with Crippen LogP contribution in [0.5, 0.6) is 0 Å². The van der Waals surface area contributed by atoms with E-state index in [0.717, 1.165) is 5.56 Å². The van der Waals surface area contributed by atoms with Gasteiger partial charge >= 0.3 is 6.03 Å². The number of urea groups is 1. The number of nitrogens with one attached hydrogen (secondary N) is 2. The topological polar surface area (TPSA) is 81.7 Å². The highest BCUT2D eigenvalue weighted by Crippen LogP contribution is 2.27. The van der Waals surface area contributed by atoms with Gasteiger partial charge in [0.2, 0.25) is 5.91 Å². The molecule has 0 aliphatic carbocycles. The fourth-order valence-corrected chi connectivity index (χ4v) is 3.56. The van der Waals surface area contributed by atoms with Gasteiger partial charge in [-0.25, -0.2) is 4.79 Å². The van der Waals surface area contributed by atoms with E-state index in [-0.39, 0.29) is 12.5 Å². The van der Waals surface area contributed by atoms with Crippen LogP contribution in [0.15, 0.2) is 72.8 Å². The Morgan fingerprint density at radius 2 is 1.60 bits per heavy atom. The number of amides is 3. The van der Waals surface area contributed by atoms with E-state index in [2.05, 4.69) is 10.6 Å². The number of aliphatic hydroxyl groups is 1. The van der Waals surface area contributed by atoms with Crippen LogP contribution in [-0.2, 0) is 11.3 Å². The fraction of sp³-hybridized carbons (Fsp3) is 0.259. The van der Waals surface area contributed by atoms with Crippen molar-refractivity contribution >= 4 is 46.5 Å². The standard InChI is InChI=1S/C27H29Cl2N3O3/c1-27(2,3)25(34)30-16-18-9-12-20(13-10-18)31-26(35)32(21-7-5-4-6-8-21)17-24(33)19-11-14-22(28)23(29)15-19/h4-15,24,33H,16-17H2,1-3H3,(H,30,34)(H,31,35)/t24-/m1/s1. The van der Waals surface area contributed by atoms with Gasteiger partial charge in [-0.2, -0.15) is 0 Å². The monoisotopic (exact) mass is 513 g/mol. The van der Waals surface area contributed by atoms with Crippen LogP contribution in [0.25, 0.3) is 0 Å². The van der Waals surface area contributed by atoms with Crippen LogP contribution in [-0.4, -0.2) is 23.6 Å². The number of rotatable bonds is 7. The van der Waals surface area contributed by atoms with Crippen LogP contribution >= 0.6 is 23.2 Å². The number of para-hydroxylation sites is 1. The summed E-state index contributed by atoms with van der Waals surface area (Å²) in [5.41, 5.74) is 2.22. The smallest absolute Gasteiger partial charge is 0.326 e. The van der Waals surface area contributed by atoms with Gasteiger partial charge < -0.3 is 15.7 Å². The van der Waals surface area contributed by atoms with Crippen molar-refractivity contribution in [2.45, 2.75) is 33.4 Å². The normalized spacial score (nSPS) is 12.1. The first-order valence-electron chi connectivity index (χ1n) is 11.2. The summed E-state index contributed by atoms with van der Waals surface area (Å²) in [7, 11) is 0. The molecule has 0 fully saturated rings. The van der Waals surface area contributed by atoms with Gasteiger partial charge in [-0.3, -0.25) is 9.69 Å². The molecule has 6 nitrogen and oxygen atoms in total. The van der Waals surface area contributed by atoms with E-state index >= 15 is 0 Å². The lowest BCUT2D eigenvalue weighted by atomic mass is 9.95. The van der Waals surface area contributed by atoms with E-state index in [1.807, 2.05) is 51.1 Å². The summed E-state index contributed by atoms with van der Waals surface area (Å²) in [6.07, 6.45) is -0.982. The molecule has 0 unspecified atom stereocenters. The molecule has 0 bridgehead atoms. The number of benzene rings is 3. The maximum Gasteiger partial charge on any atom is 0.326 e. The maximum absolute atomic E-state index is 13.2. The van der Waals surface area contributed by atoms with Gasteiger partial charge in [0, 0.05) is 23.3 Å². The zero-order chi connectivity index (χ0) is 25.6. The largest absolute Gasteiger partial charge is 0.387 e. The van der Waals surface area contributed by atoms with E-state index in [1.165, 1.54) is 4.90 Å². The lowest BCUT2D eigenvalue weighted by Gasteiger charge is -2.26. The Morgan fingerprint density at radius 3 is 2.20 bits per heavy atom. The molecule has 0 heterocycles. The first kappa shape index (κ1) is 26.5. The maximum atomic E-state index is 13.2. The molecule has 0 saturated heterocycles. The van der Waals surface area contributed by atoms with E-state index in [9.17, 15) is 14.7 Å². The van der Waals surface area contributed by atoms with Crippen LogP contribution in [0.3, 0.4) is 0 Å². The first-order valence-corrected chi connectivity index (χ1v) is 11.9. The number of carbonyl (C=O) groups excluding carboxylic acids is 2. The minimum atomic E-state index is -0.982. The fourth-order valence-electron chi connectivity index (χ4n) is 3.26. The van der Waals surface area contributed by atoms with Crippen molar-refractivity contribution in [2.75, 3.05) is 16.8 Å². The van der Waals surface area contributed by atoms with E-state index < -0.39 is 17.6 Å². The SMILES string of the molecule is CC(C)(C)C(=O)NCc1ccc(NC(=O)N(C[C@@H](O)c2ccc(Cl)c(Cl)c2)c2ccccc2)cc1. The van der Waals surface area contributed by atoms with Crippen molar-refractivity contribution < 1.29 is 14.7 Å². The number of carbonyl (C=O) groups is 2. The Kier molecular flexibility index (Phi) is 8.78. The summed E-state index contributed by atoms with van der Waals surface area (Å²) >= 11 is 12.1. The molecule has 3 aromatic carbocycles. The van der Waals surface area contributed by atoms with Gasteiger partial charge in [0.1, 0.15) is 0 Å². The second kappa shape index (κ2) is 11.6. The first-order chi connectivity index (χ1) is 16.5. The van der Waals surface area contributed by atoms with Gasteiger partial charge in [0.05, 0.1) is 22.7 Å². The van der Waals surface area contributed by atoms with Crippen LogP contribution < -0.4 is 15.5 Å². The third kappa shape index (κ3) is 7.46. The van der Waals surface area contributed by atoms with Gasteiger partial charge in [-0.1, -0.05) is 80.4 Å². The third-order valence-corrected chi connectivity index (χ3v) is 6.08. The van der Waals surface area contributed by atoms with Gasteiger partial charge in [0.25, 0.3) is 0 Å². The molecule has 3 N–H and O–H groups in total. The third-order valence-electron chi connectivity index (χ3n) is 5.34. The van der Waals surface area contributed by atoms with Crippen LogP contribution in [0.2, 0.25) is 10.0 Å². The van der Waals surface area contributed by atoms with Crippen LogP contribution in [0.1, 0.15) is 38.0 Å². The number of hydrogen-bond donors (Lipinski definition) is 3. The molecule has 1 atom stereocenters. The highest BCUT2D eigenvalue weighted by molar-refractivity contribution is 6.42. The van der Waals surface area contributed by atoms with Crippen molar-refractivity contribution in [1.29, 1.82) is 0 Å². The summed E-state index contributed by atoms with van der Waals surface area (Å²) in [4.78, 5) is 26.8. The quantitative estimate of drug-likeness (QED) is 0.340. The van der Waals surface area contributed by atoms with Crippen molar-refractivity contribution in [3.8, 4) is 0 Å². The van der Waals surface area contributed by atoms with E-state index in [0.29, 0.717) is 33.5 Å². The molecule has 0 spiro atoms. The van der Waals surface area contributed by atoms with E-state index in [4.69, 9.17) is 23.2 Å². The molecule has 35 heavy (non-hydrogen) atoms. The van der Waals surface area contributed by atoms with E-state index in [1.54, 1.807) is 42.5 Å². The summed E-state index contributed by atoms with van der Waals surface area (Å²) in [6, 6.07) is 20.8. The minimum absolute atomic E-state index is 0.00469. The number of aliphatic hydroxyl groups excluding tert-OH is 1. The Balaban J connectivity index is 1.71. The Morgan fingerprint density at radius 1 is 0.943 bits per heavy atom. The zero-order valence-electron chi connectivity index (χ0n) is 19.9. The number of nitrogens with zero attached hydrogens (tertiary/aromatic N) is 1. The second-order valence-electron chi connectivity index (χ2n) is 9.20. The Hall–Kier alpha value is -3.06. The van der Waals surface area contributed by atoms with Crippen LogP contribution in [0, 0.1) is 5.41 Å². The molecule has 3 aromatic rings. The van der Waals surface area contributed by atoms with Gasteiger partial charge in [-0.15, -0.1) is 0 Å². The Labute approximate surface area is 215 Å². The highest BCUT2D eigenvalue weighted by Gasteiger charge is 2.22. The minimum Gasteiger partial charge on any atom is -0.387 e. The highest BCUT2D eigenvalue weighted by atomic mass is 35.5. The summed E-state index contributed by atoms with van der Waals surface area (Å²) in [6.45, 7) is 5.98. The molecule has 0 radical (unpaired) electrons. The van der Waals surface area contributed by atoms with Crippen LogP contribution in [0.4, 0.5) is 16.2 Å².